The number of aromatic nitrogens is 2. The summed E-state index contributed by atoms with van der Waals surface area (Å²) in [5, 5.41) is 10.9. The van der Waals surface area contributed by atoms with E-state index in [1.165, 1.54) is 16.5 Å². The maximum Gasteiger partial charge on any atom is 0.0639 e. The second-order valence-electron chi connectivity index (χ2n) is 7.00. The Balaban J connectivity index is 2.00. The Morgan fingerprint density at radius 2 is 2.15 bits per heavy atom. The summed E-state index contributed by atoms with van der Waals surface area (Å²) in [5.41, 5.74) is 4.66. The maximum atomic E-state index is 9.72. The van der Waals surface area contributed by atoms with Crippen LogP contribution in [0.15, 0.2) is 53.6 Å². The van der Waals surface area contributed by atoms with Crippen LogP contribution in [-0.2, 0) is 19.5 Å². The molecule has 0 aliphatic carbocycles. The topological polar surface area (TPSA) is 41.3 Å². The maximum absolute atomic E-state index is 9.72. The average Bonchev–Trinajstić information content (AvgIpc) is 2.92. The van der Waals surface area contributed by atoms with E-state index in [-0.39, 0.29) is 6.10 Å². The molecular weight excluding hydrogens is 402 g/mol. The lowest BCUT2D eigenvalue weighted by molar-refractivity contribution is 0.138. The second-order valence-corrected chi connectivity index (χ2v) is 7.91. The number of benzene rings is 1. The fourth-order valence-corrected chi connectivity index (χ4v) is 3.98. The molecule has 0 saturated heterocycles. The van der Waals surface area contributed by atoms with Crippen LogP contribution in [0.25, 0.3) is 17.0 Å². The molecule has 4 nitrogen and oxygen atoms in total. The minimum Gasteiger partial charge on any atom is -0.392 e. The van der Waals surface area contributed by atoms with Gasteiger partial charge in [0.15, 0.2) is 0 Å². The van der Waals surface area contributed by atoms with Crippen LogP contribution in [0.5, 0.6) is 0 Å². The van der Waals surface area contributed by atoms with Gasteiger partial charge in [0, 0.05) is 59.0 Å². The molecule has 1 aromatic carbocycles. The number of halogens is 1. The van der Waals surface area contributed by atoms with Crippen LogP contribution in [-0.4, -0.2) is 39.3 Å². The largest absolute Gasteiger partial charge is 0.392 e. The van der Waals surface area contributed by atoms with Crippen molar-refractivity contribution in [2.75, 3.05) is 13.6 Å². The highest BCUT2D eigenvalue weighted by Crippen LogP contribution is 2.31. The Labute approximate surface area is 169 Å². The van der Waals surface area contributed by atoms with E-state index in [0.717, 1.165) is 35.4 Å². The van der Waals surface area contributed by atoms with Crippen LogP contribution in [0, 0.1) is 0 Å². The van der Waals surface area contributed by atoms with Crippen LogP contribution in [0.3, 0.4) is 0 Å². The zero-order chi connectivity index (χ0) is 19.4. The van der Waals surface area contributed by atoms with Gasteiger partial charge in [0.25, 0.3) is 0 Å². The third kappa shape index (κ3) is 4.67. The fourth-order valence-electron chi connectivity index (χ4n) is 3.61. The van der Waals surface area contributed by atoms with Gasteiger partial charge in [-0.1, -0.05) is 28.6 Å². The number of hydrogen-bond donors (Lipinski definition) is 1. The number of fused-ring (bicyclic) bond motifs is 1. The SMILES string of the molecule is C=Cc1c(CN(C)CC(C)O)c2cc(Br)ccc2n1CCc1ccccn1. The van der Waals surface area contributed by atoms with Crippen molar-refractivity contribution in [3.63, 3.8) is 0 Å². The predicted octanol–water partition coefficient (Wildman–Crippen LogP) is 4.50. The molecule has 3 rings (SSSR count). The first kappa shape index (κ1) is 19.8. The van der Waals surface area contributed by atoms with Gasteiger partial charge in [0.1, 0.15) is 0 Å². The number of nitrogens with zero attached hydrogens (tertiary/aromatic N) is 3. The van der Waals surface area contributed by atoms with Crippen molar-refractivity contribution >= 4 is 32.9 Å². The molecule has 1 unspecified atom stereocenters. The number of rotatable bonds is 8. The molecule has 1 N–H and O–H groups in total. The van der Waals surface area contributed by atoms with Crippen LogP contribution < -0.4 is 0 Å². The standard InChI is InChI=1S/C22H26BrN3O/c1-4-21-20(15-25(3)14-16(2)27)19-13-17(23)8-9-22(19)26(21)12-10-18-7-5-6-11-24-18/h4-9,11,13,16,27H,1,10,12,14-15H2,2-3H3. The quantitative estimate of drug-likeness (QED) is 0.575. The minimum atomic E-state index is -0.355. The molecule has 0 aliphatic heterocycles. The van der Waals surface area contributed by atoms with Gasteiger partial charge in [-0.05, 0) is 55.9 Å². The van der Waals surface area contributed by atoms with Gasteiger partial charge in [0.05, 0.1) is 6.10 Å². The molecule has 1 atom stereocenters. The lowest BCUT2D eigenvalue weighted by Crippen LogP contribution is -2.27. The van der Waals surface area contributed by atoms with E-state index in [9.17, 15) is 5.11 Å². The molecular formula is C22H26BrN3O. The van der Waals surface area contributed by atoms with Crippen LogP contribution in [0.4, 0.5) is 0 Å². The first-order valence-corrected chi connectivity index (χ1v) is 9.98. The summed E-state index contributed by atoms with van der Waals surface area (Å²) in [5.74, 6) is 0. The highest BCUT2D eigenvalue weighted by atomic mass is 79.9. The van der Waals surface area contributed by atoms with Crippen molar-refractivity contribution in [3.05, 3.63) is 70.6 Å². The van der Waals surface area contributed by atoms with E-state index in [1.54, 1.807) is 0 Å². The van der Waals surface area contributed by atoms with E-state index in [0.29, 0.717) is 6.54 Å². The summed E-state index contributed by atoms with van der Waals surface area (Å²) in [6.45, 7) is 8.13. The van der Waals surface area contributed by atoms with Crippen LogP contribution >= 0.6 is 15.9 Å². The van der Waals surface area contributed by atoms with Crippen LogP contribution in [0.1, 0.15) is 23.9 Å². The lowest BCUT2D eigenvalue weighted by atomic mass is 10.1. The van der Waals surface area contributed by atoms with Crippen LogP contribution in [0.2, 0.25) is 0 Å². The zero-order valence-electron chi connectivity index (χ0n) is 15.9. The molecule has 2 aromatic heterocycles. The van der Waals surface area contributed by atoms with E-state index in [1.807, 2.05) is 38.4 Å². The predicted molar refractivity (Wildman–Crippen MR) is 116 cm³/mol. The molecule has 0 saturated carbocycles. The van der Waals surface area contributed by atoms with E-state index < -0.39 is 0 Å². The monoisotopic (exact) mass is 427 g/mol. The number of aliphatic hydroxyl groups is 1. The van der Waals surface area contributed by atoms with Gasteiger partial charge in [-0.15, -0.1) is 0 Å². The summed E-state index contributed by atoms with van der Waals surface area (Å²) in [6, 6.07) is 12.4. The zero-order valence-corrected chi connectivity index (χ0v) is 17.5. The molecule has 0 amide bonds. The van der Waals surface area contributed by atoms with E-state index >= 15 is 0 Å². The second kappa shape index (κ2) is 8.83. The Kier molecular flexibility index (Phi) is 6.47. The molecule has 27 heavy (non-hydrogen) atoms. The number of aliphatic hydroxyl groups excluding tert-OH is 1. The van der Waals surface area contributed by atoms with Gasteiger partial charge in [-0.3, -0.25) is 9.88 Å². The summed E-state index contributed by atoms with van der Waals surface area (Å²) in [6.07, 6.45) is 4.29. The lowest BCUT2D eigenvalue weighted by Gasteiger charge is -2.19. The van der Waals surface area contributed by atoms with Crippen molar-refractivity contribution < 1.29 is 5.11 Å². The molecule has 5 heteroatoms. The number of aryl methyl sites for hydroxylation is 2. The fraction of sp³-hybridized carbons (Fsp3) is 0.318. The number of hydrogen-bond acceptors (Lipinski definition) is 3. The molecule has 0 spiro atoms. The smallest absolute Gasteiger partial charge is 0.0639 e. The summed E-state index contributed by atoms with van der Waals surface area (Å²) in [4.78, 5) is 6.60. The van der Waals surface area contributed by atoms with Crippen molar-refractivity contribution in [2.45, 2.75) is 32.5 Å². The van der Waals surface area contributed by atoms with E-state index in [4.69, 9.17) is 0 Å². The first-order chi connectivity index (χ1) is 13.0. The van der Waals surface area contributed by atoms with Gasteiger partial charge in [0.2, 0.25) is 0 Å². The van der Waals surface area contributed by atoms with Crippen molar-refractivity contribution in [1.82, 2.24) is 14.5 Å². The van der Waals surface area contributed by atoms with Crippen molar-refractivity contribution in [2.24, 2.45) is 0 Å². The Morgan fingerprint density at radius 1 is 1.33 bits per heavy atom. The van der Waals surface area contributed by atoms with Crippen molar-refractivity contribution in [1.29, 1.82) is 0 Å². The molecule has 0 fully saturated rings. The first-order valence-electron chi connectivity index (χ1n) is 9.19. The number of pyridine rings is 1. The summed E-state index contributed by atoms with van der Waals surface area (Å²) < 4.78 is 3.39. The van der Waals surface area contributed by atoms with Gasteiger partial charge < -0.3 is 9.67 Å². The Morgan fingerprint density at radius 3 is 2.81 bits per heavy atom. The van der Waals surface area contributed by atoms with Gasteiger partial charge >= 0.3 is 0 Å². The van der Waals surface area contributed by atoms with Crippen molar-refractivity contribution in [3.8, 4) is 0 Å². The third-order valence-electron chi connectivity index (χ3n) is 4.69. The molecule has 0 radical (unpaired) electrons. The number of likely N-dealkylation sites (N-methyl/N-ethyl adjacent to an activating group) is 1. The molecule has 2 heterocycles. The average molecular weight is 428 g/mol. The highest BCUT2D eigenvalue weighted by molar-refractivity contribution is 9.10. The third-order valence-corrected chi connectivity index (χ3v) is 5.18. The minimum absolute atomic E-state index is 0.355. The Bertz CT molecular complexity index is 918. The van der Waals surface area contributed by atoms with E-state index in [2.05, 4.69) is 61.2 Å². The molecule has 142 valence electrons. The summed E-state index contributed by atoms with van der Waals surface area (Å²) in [7, 11) is 2.04. The normalized spacial score (nSPS) is 12.6. The molecule has 0 bridgehead atoms. The molecule has 3 aromatic rings. The Hall–Kier alpha value is -1.95. The van der Waals surface area contributed by atoms with Gasteiger partial charge in [-0.25, -0.2) is 0 Å². The summed E-state index contributed by atoms with van der Waals surface area (Å²) >= 11 is 3.61. The van der Waals surface area contributed by atoms with Gasteiger partial charge in [-0.2, -0.15) is 0 Å². The highest BCUT2D eigenvalue weighted by Gasteiger charge is 2.17. The molecule has 0 aliphatic rings.